The Morgan fingerprint density at radius 1 is 0.944 bits per heavy atom. The molecule has 0 heterocycles. The molecule has 2 rings (SSSR count). The average molecular weight is 352 g/mol. The van der Waals surface area contributed by atoms with Gasteiger partial charge in [0, 0.05) is 0 Å². The van der Waals surface area contributed by atoms with E-state index in [0.717, 1.165) is 0 Å². The van der Waals surface area contributed by atoms with Crippen molar-refractivity contribution in [3.05, 3.63) is 53.1 Å². The molecule has 1 aliphatic rings. The van der Waals surface area contributed by atoms with E-state index in [1.807, 2.05) is 17.3 Å². The molecule has 0 atom stereocenters. The minimum absolute atomic E-state index is 1.23. The van der Waals surface area contributed by atoms with E-state index in [-0.39, 0.29) is 0 Å². The molecule has 0 spiro atoms. The first kappa shape index (κ1) is 17.7. The van der Waals surface area contributed by atoms with E-state index in [4.69, 9.17) is 0 Å². The third kappa shape index (κ3) is 8.78. The third-order valence-corrected chi connectivity index (χ3v) is 2.84. The van der Waals surface area contributed by atoms with E-state index < -0.39 is 0 Å². The van der Waals surface area contributed by atoms with Crippen molar-refractivity contribution in [1.29, 1.82) is 0 Å². The second-order valence-corrected chi connectivity index (χ2v) is 4.50. The van der Waals surface area contributed by atoms with Crippen LogP contribution in [0, 0.1) is 20.8 Å². The Labute approximate surface area is 126 Å². The first-order valence-corrected chi connectivity index (χ1v) is 8.58. The zero-order valence-corrected chi connectivity index (χ0v) is 14.0. The number of rotatable bonds is 0. The van der Waals surface area contributed by atoms with Crippen LogP contribution in [0.2, 0.25) is 0 Å². The maximum atomic E-state index is 4.57. The zero-order valence-electron chi connectivity index (χ0n) is 11.5. The van der Waals surface area contributed by atoms with Gasteiger partial charge in [0.1, 0.15) is 0 Å². The Kier molecular flexibility index (Phi) is 11.6. The molecule has 0 aromatic heterocycles. The molecule has 0 saturated heterocycles. The van der Waals surface area contributed by atoms with Gasteiger partial charge in [-0.15, -0.1) is 0 Å². The van der Waals surface area contributed by atoms with Crippen molar-refractivity contribution < 1.29 is 17.3 Å². The molecule has 0 unspecified atom stereocenters. The van der Waals surface area contributed by atoms with Gasteiger partial charge in [0.05, 0.1) is 0 Å². The minimum atomic E-state index is 1.23. The van der Waals surface area contributed by atoms with Gasteiger partial charge in [0.2, 0.25) is 0 Å². The maximum absolute atomic E-state index is 4.57. The monoisotopic (exact) mass is 352 g/mol. The number of halogens is 1. The molecule has 0 aliphatic heterocycles. The molecule has 0 bridgehead atoms. The summed E-state index contributed by atoms with van der Waals surface area (Å²) in [4.78, 5) is 0. The van der Waals surface area contributed by atoms with Gasteiger partial charge in [-0.3, -0.25) is 0 Å². The second-order valence-electron chi connectivity index (χ2n) is 4.50. The van der Waals surface area contributed by atoms with Crippen LogP contribution >= 0.6 is 9.69 Å². The molecular weight excluding hydrogens is 329 g/mol. The molecule has 2 heteroatoms. The zero-order chi connectivity index (χ0) is 13.8. The fraction of sp³-hybridized carbons (Fsp3) is 0.438. The summed E-state index contributed by atoms with van der Waals surface area (Å²) < 4.78 is 0. The molecule has 1 aromatic rings. The number of hydrogen-bond donors (Lipinski definition) is 0. The average Bonchev–Trinajstić information content (AvgIpc) is 2.59. The molecule has 0 N–H and O–H groups in total. The van der Waals surface area contributed by atoms with Crippen LogP contribution in [0.1, 0.15) is 42.4 Å². The van der Waals surface area contributed by atoms with Gasteiger partial charge >= 0.3 is 27.0 Å². The SMILES string of the molecule is C1=C\CC/C=C\CC/1.Cc1cc(C)[c-](C)c1.[Cl][Ru+]. The van der Waals surface area contributed by atoms with Crippen molar-refractivity contribution in [3.8, 4) is 0 Å². The van der Waals surface area contributed by atoms with E-state index in [0.29, 0.717) is 0 Å². The normalized spacial score (nSPS) is 17.2. The summed E-state index contributed by atoms with van der Waals surface area (Å²) in [5.74, 6) is 0. The Balaban J connectivity index is 0.000000283. The molecule has 0 amide bonds. The fourth-order valence-corrected chi connectivity index (χ4v) is 1.81. The number of hydrogen-bond acceptors (Lipinski definition) is 0. The van der Waals surface area contributed by atoms with Gasteiger partial charge in [-0.05, 0) is 25.7 Å². The number of allylic oxidation sites excluding steroid dienone is 4. The predicted molar refractivity (Wildman–Crippen MR) is 78.8 cm³/mol. The Morgan fingerprint density at radius 2 is 1.33 bits per heavy atom. The summed E-state index contributed by atoms with van der Waals surface area (Å²) in [5.41, 5.74) is 4.19. The quantitative estimate of drug-likeness (QED) is 0.320. The van der Waals surface area contributed by atoms with Crippen molar-refractivity contribution in [3.63, 3.8) is 0 Å². The van der Waals surface area contributed by atoms with Crippen LogP contribution in [-0.2, 0) is 17.3 Å². The van der Waals surface area contributed by atoms with Crippen molar-refractivity contribution in [2.24, 2.45) is 0 Å². The summed E-state index contributed by atoms with van der Waals surface area (Å²) in [7, 11) is 4.57. The molecular formula is C16H23ClRu. The second kappa shape index (κ2) is 11.8. The van der Waals surface area contributed by atoms with E-state index in [1.165, 1.54) is 42.4 Å². The third-order valence-electron chi connectivity index (χ3n) is 2.84. The van der Waals surface area contributed by atoms with Crippen LogP contribution in [0.25, 0.3) is 0 Å². The topological polar surface area (TPSA) is 0 Å². The molecule has 1 aliphatic carbocycles. The van der Waals surface area contributed by atoms with Crippen LogP contribution in [0.4, 0.5) is 0 Å². The summed E-state index contributed by atoms with van der Waals surface area (Å²) >= 11 is 1.82. The van der Waals surface area contributed by atoms with E-state index in [9.17, 15) is 0 Å². The van der Waals surface area contributed by atoms with Crippen molar-refractivity contribution >= 4 is 9.69 Å². The van der Waals surface area contributed by atoms with Crippen molar-refractivity contribution in [2.75, 3.05) is 0 Å². The standard InChI is InChI=1S/C8H11.C8H12.ClH.Ru/c1-6-4-7(2)8(3)5-6;1-2-4-6-8-7-5-3-1;;/h4-5H,1-3H3;1-2,7-8H,3-6H2;1H;/q-1;;;+2/p-1/b;2-1-,8-7-;;. The number of aryl methyl sites for hydroxylation is 3. The van der Waals surface area contributed by atoms with Gasteiger partial charge < -0.3 is 0 Å². The first-order valence-electron chi connectivity index (χ1n) is 6.34. The summed E-state index contributed by atoms with van der Waals surface area (Å²) in [5, 5.41) is 0. The Bertz CT molecular complexity index is 316. The van der Waals surface area contributed by atoms with Crippen LogP contribution in [0.15, 0.2) is 36.4 Å². The fourth-order valence-electron chi connectivity index (χ4n) is 1.81. The van der Waals surface area contributed by atoms with Gasteiger partial charge in [0.25, 0.3) is 0 Å². The van der Waals surface area contributed by atoms with E-state index >= 15 is 0 Å². The Morgan fingerprint density at radius 3 is 1.50 bits per heavy atom. The van der Waals surface area contributed by atoms with Crippen LogP contribution < -0.4 is 0 Å². The molecule has 0 saturated carbocycles. The van der Waals surface area contributed by atoms with Gasteiger partial charge in [-0.1, -0.05) is 45.1 Å². The van der Waals surface area contributed by atoms with Crippen LogP contribution in [0.3, 0.4) is 0 Å². The van der Waals surface area contributed by atoms with E-state index in [2.05, 4.69) is 66.9 Å². The summed E-state index contributed by atoms with van der Waals surface area (Å²) in [6.45, 7) is 6.41. The summed E-state index contributed by atoms with van der Waals surface area (Å²) in [6, 6.07) is 4.41. The predicted octanol–water partition coefficient (Wildman–Crippen LogP) is 5.69. The first-order chi connectivity index (χ1) is 8.70. The molecule has 0 radical (unpaired) electrons. The van der Waals surface area contributed by atoms with E-state index in [1.54, 1.807) is 0 Å². The van der Waals surface area contributed by atoms with Gasteiger partial charge in [-0.25, -0.2) is 11.6 Å². The van der Waals surface area contributed by atoms with Crippen molar-refractivity contribution in [1.82, 2.24) is 0 Å². The Hall–Kier alpha value is -0.257. The van der Waals surface area contributed by atoms with Crippen LogP contribution in [-0.4, -0.2) is 0 Å². The molecule has 102 valence electrons. The molecule has 0 nitrogen and oxygen atoms in total. The van der Waals surface area contributed by atoms with Crippen molar-refractivity contribution in [2.45, 2.75) is 46.5 Å². The summed E-state index contributed by atoms with van der Waals surface area (Å²) in [6.07, 6.45) is 14.0. The van der Waals surface area contributed by atoms with Crippen LogP contribution in [0.5, 0.6) is 0 Å². The van der Waals surface area contributed by atoms with Gasteiger partial charge in [-0.2, -0.15) is 17.2 Å². The molecule has 0 fully saturated rings. The molecule has 1 aromatic carbocycles. The van der Waals surface area contributed by atoms with Gasteiger partial charge in [0.15, 0.2) is 0 Å². The molecule has 18 heavy (non-hydrogen) atoms.